The summed E-state index contributed by atoms with van der Waals surface area (Å²) >= 11 is 0.810. The highest BCUT2D eigenvalue weighted by atomic mass is 32.2. The number of rotatable bonds is 12. The maximum atomic E-state index is 13.2. The Hall–Kier alpha value is -3.33. The number of aliphatic hydroxyl groups excluding tert-OH is 1. The standard InChI is InChI=1S/C37H47F3N8O3S2/c1-22(47-12-14-48(15-13-47)53(50,51)21-24-4-5-24)16-30-26(19-41)17-29-23(2)25(6-7-28(29)30)20-46-10-8-27(9-11-46)43-34-31-18-32(33(49)37(38,39)40)52-35(31)45-36(42-3)44-34/h6-7,17-18,22,24,27,30,33,49H,4-5,8-16,20-21H2,1-3H3,(H2,42,43,44,45)/t22-,30?,33?/m0/s1. The molecule has 2 unspecified atom stereocenters. The first-order valence-electron chi connectivity index (χ1n) is 18.4. The van der Waals surface area contributed by atoms with Gasteiger partial charge in [0.1, 0.15) is 10.6 Å². The van der Waals surface area contributed by atoms with E-state index in [-0.39, 0.29) is 28.6 Å². The molecule has 16 heteroatoms. The second-order valence-corrected chi connectivity index (χ2v) is 18.1. The molecular formula is C37H47F3N8O3S2. The topological polar surface area (TPSA) is 138 Å². The van der Waals surface area contributed by atoms with Crippen molar-refractivity contribution in [2.75, 3.05) is 62.7 Å². The van der Waals surface area contributed by atoms with Crippen LogP contribution < -0.4 is 10.6 Å². The zero-order valence-electron chi connectivity index (χ0n) is 30.3. The summed E-state index contributed by atoms with van der Waals surface area (Å²) in [6, 6.07) is 8.42. The Morgan fingerprint density at radius 2 is 1.81 bits per heavy atom. The minimum absolute atomic E-state index is 0.00363. The highest BCUT2D eigenvalue weighted by Gasteiger charge is 2.41. The lowest BCUT2D eigenvalue weighted by molar-refractivity contribution is -0.205. The van der Waals surface area contributed by atoms with Gasteiger partial charge in [0, 0.05) is 81.3 Å². The summed E-state index contributed by atoms with van der Waals surface area (Å²) in [5, 5.41) is 26.8. The molecule has 0 bridgehead atoms. The van der Waals surface area contributed by atoms with Crippen LogP contribution in [0.1, 0.15) is 78.2 Å². The van der Waals surface area contributed by atoms with Gasteiger partial charge in [0.2, 0.25) is 16.0 Å². The molecule has 286 valence electrons. The quantitative estimate of drug-likeness (QED) is 0.206. The minimum Gasteiger partial charge on any atom is -0.379 e. The maximum Gasteiger partial charge on any atom is 0.419 e. The van der Waals surface area contributed by atoms with Crippen LogP contribution in [-0.2, 0) is 16.6 Å². The van der Waals surface area contributed by atoms with Gasteiger partial charge in [-0.1, -0.05) is 12.1 Å². The molecule has 4 heterocycles. The van der Waals surface area contributed by atoms with Gasteiger partial charge in [0.05, 0.1) is 17.2 Å². The summed E-state index contributed by atoms with van der Waals surface area (Å²) in [5.41, 5.74) is 5.47. The molecule has 3 fully saturated rings. The molecule has 3 N–H and O–H groups in total. The smallest absolute Gasteiger partial charge is 0.379 e. The van der Waals surface area contributed by atoms with Gasteiger partial charge in [-0.3, -0.25) is 9.80 Å². The third-order valence-electron chi connectivity index (χ3n) is 11.4. The lowest BCUT2D eigenvalue weighted by Gasteiger charge is -2.38. The van der Waals surface area contributed by atoms with E-state index in [1.54, 1.807) is 11.4 Å². The van der Waals surface area contributed by atoms with Crippen molar-refractivity contribution in [2.45, 2.75) is 82.8 Å². The van der Waals surface area contributed by atoms with Gasteiger partial charge in [0.15, 0.2) is 6.10 Å². The molecule has 53 heavy (non-hydrogen) atoms. The van der Waals surface area contributed by atoms with Crippen LogP contribution in [-0.4, -0.2) is 108 Å². The van der Waals surface area contributed by atoms with Crippen molar-refractivity contribution in [1.29, 1.82) is 5.26 Å². The van der Waals surface area contributed by atoms with Gasteiger partial charge in [-0.25, -0.2) is 13.4 Å². The number of halogens is 3. The van der Waals surface area contributed by atoms with E-state index in [1.807, 2.05) is 0 Å². The largest absolute Gasteiger partial charge is 0.419 e. The predicted molar refractivity (Wildman–Crippen MR) is 201 cm³/mol. The first-order chi connectivity index (χ1) is 25.2. The van der Waals surface area contributed by atoms with Crippen LogP contribution in [0.4, 0.5) is 24.9 Å². The Kier molecular flexibility index (Phi) is 10.8. The molecule has 2 saturated heterocycles. The summed E-state index contributed by atoms with van der Waals surface area (Å²) in [4.78, 5) is 13.7. The number of thiophene rings is 1. The monoisotopic (exact) mass is 772 g/mol. The van der Waals surface area contributed by atoms with Crippen LogP contribution >= 0.6 is 11.3 Å². The fourth-order valence-electron chi connectivity index (χ4n) is 7.98. The van der Waals surface area contributed by atoms with E-state index in [2.05, 4.69) is 68.5 Å². The van der Waals surface area contributed by atoms with Gasteiger partial charge >= 0.3 is 6.18 Å². The zero-order chi connectivity index (χ0) is 37.7. The predicted octanol–water partition coefficient (Wildman–Crippen LogP) is 5.85. The lowest BCUT2D eigenvalue weighted by atomic mass is 9.87. The van der Waals surface area contributed by atoms with Crippen molar-refractivity contribution in [3.05, 3.63) is 50.9 Å². The van der Waals surface area contributed by atoms with E-state index in [1.165, 1.54) is 22.8 Å². The first-order valence-corrected chi connectivity index (χ1v) is 20.9. The number of aliphatic hydroxyl groups is 1. The number of nitrogens with zero attached hydrogens (tertiary/aromatic N) is 6. The molecule has 2 aliphatic carbocycles. The van der Waals surface area contributed by atoms with Crippen molar-refractivity contribution in [3.8, 4) is 6.07 Å². The van der Waals surface area contributed by atoms with Gasteiger partial charge in [-0.2, -0.15) is 27.7 Å². The van der Waals surface area contributed by atoms with Crippen molar-refractivity contribution in [3.63, 3.8) is 0 Å². The molecule has 2 aliphatic heterocycles. The molecule has 2 aromatic heterocycles. The molecule has 0 radical (unpaired) electrons. The van der Waals surface area contributed by atoms with Crippen LogP contribution in [0, 0.1) is 24.2 Å². The number of anilines is 2. The second kappa shape index (κ2) is 15.1. The van der Waals surface area contributed by atoms with E-state index < -0.39 is 22.3 Å². The highest BCUT2D eigenvalue weighted by molar-refractivity contribution is 7.89. The number of fused-ring (bicyclic) bond motifs is 2. The number of hydrogen-bond donors (Lipinski definition) is 3. The number of piperidine rings is 1. The van der Waals surface area contributed by atoms with Crippen molar-refractivity contribution < 1.29 is 26.7 Å². The summed E-state index contributed by atoms with van der Waals surface area (Å²) in [6.07, 6.45) is -0.838. The molecule has 1 saturated carbocycles. The molecule has 4 aliphatic rings. The zero-order valence-corrected chi connectivity index (χ0v) is 31.9. The third kappa shape index (κ3) is 8.20. The average Bonchev–Trinajstić information content (AvgIpc) is 3.71. The van der Waals surface area contributed by atoms with Gasteiger partial charge in [0.25, 0.3) is 0 Å². The molecular weight excluding hydrogens is 726 g/mol. The lowest BCUT2D eigenvalue weighted by Crippen LogP contribution is -2.52. The average molecular weight is 773 g/mol. The Bertz CT molecular complexity index is 2010. The molecule has 11 nitrogen and oxygen atoms in total. The highest BCUT2D eigenvalue weighted by Crippen LogP contribution is 2.43. The van der Waals surface area contributed by atoms with Crippen LogP contribution in [0.2, 0.25) is 0 Å². The fourth-order valence-corrected chi connectivity index (χ4v) is 10.9. The van der Waals surface area contributed by atoms with E-state index in [9.17, 15) is 32.0 Å². The second-order valence-electron chi connectivity index (χ2n) is 15.0. The van der Waals surface area contributed by atoms with Crippen LogP contribution in [0.25, 0.3) is 16.3 Å². The number of allylic oxidation sites excluding steroid dienone is 1. The number of piperazine rings is 1. The molecule has 7 rings (SSSR count). The summed E-state index contributed by atoms with van der Waals surface area (Å²) < 4.78 is 67.0. The van der Waals surface area contributed by atoms with E-state index in [0.717, 1.165) is 74.2 Å². The van der Waals surface area contributed by atoms with Crippen LogP contribution in [0.3, 0.4) is 0 Å². The number of sulfonamides is 1. The third-order valence-corrected chi connectivity index (χ3v) is 14.5. The maximum absolute atomic E-state index is 13.2. The van der Waals surface area contributed by atoms with Crippen molar-refractivity contribution >= 4 is 49.4 Å². The Morgan fingerprint density at radius 1 is 1.09 bits per heavy atom. The first kappa shape index (κ1) is 38.0. The SMILES string of the molecule is CNc1nc(NC2CCN(Cc3ccc4c(c3C)C=C(C#N)C4C[C@H](C)N3CCN(S(=O)(=O)CC4CC4)CC3)CC2)c2cc(C(O)C(F)(F)F)sc2n1. The number of alkyl halides is 3. The molecule has 0 spiro atoms. The number of benzene rings is 1. The summed E-state index contributed by atoms with van der Waals surface area (Å²) in [6.45, 7) is 9.14. The van der Waals surface area contributed by atoms with Crippen molar-refractivity contribution in [2.24, 2.45) is 5.92 Å². The summed E-state index contributed by atoms with van der Waals surface area (Å²) in [5.74, 6) is 1.36. The number of nitrogens with one attached hydrogen (secondary N) is 2. The van der Waals surface area contributed by atoms with Gasteiger partial charge in [-0.15, -0.1) is 11.3 Å². The molecule has 3 aromatic rings. The van der Waals surface area contributed by atoms with E-state index in [0.29, 0.717) is 54.1 Å². The normalized spacial score (nSPS) is 22.0. The molecule has 0 amide bonds. The fraction of sp³-hybridized carbons (Fsp3) is 0.595. The number of aromatic nitrogens is 2. The minimum atomic E-state index is -4.77. The number of likely N-dealkylation sites (tertiary alicyclic amines) is 1. The molecule has 3 atom stereocenters. The Morgan fingerprint density at radius 3 is 2.45 bits per heavy atom. The molecule has 1 aromatic carbocycles. The Labute approximate surface area is 312 Å². The van der Waals surface area contributed by atoms with Gasteiger partial charge < -0.3 is 15.7 Å². The summed E-state index contributed by atoms with van der Waals surface area (Å²) in [7, 11) is -1.54. The van der Waals surface area contributed by atoms with E-state index >= 15 is 0 Å². The van der Waals surface area contributed by atoms with E-state index in [4.69, 9.17) is 0 Å². The van der Waals surface area contributed by atoms with Gasteiger partial charge in [-0.05, 0) is 86.3 Å². The van der Waals surface area contributed by atoms with Crippen LogP contribution in [0.15, 0.2) is 23.8 Å². The number of nitriles is 1. The Balaban J connectivity index is 0.961. The van der Waals surface area contributed by atoms with Crippen LogP contribution in [0.5, 0.6) is 0 Å². The van der Waals surface area contributed by atoms with Crippen molar-refractivity contribution in [1.82, 2.24) is 24.1 Å². The number of hydrogen-bond acceptors (Lipinski definition) is 11.